The Hall–Kier alpha value is -1.94. The largest absolute Gasteiger partial charge is 0.373 e. The number of aromatic nitrogens is 2. The summed E-state index contributed by atoms with van der Waals surface area (Å²) >= 11 is 6.26. The van der Waals surface area contributed by atoms with Gasteiger partial charge in [-0.3, -0.25) is 4.79 Å². The summed E-state index contributed by atoms with van der Waals surface area (Å²) in [6.45, 7) is 4.14. The van der Waals surface area contributed by atoms with Crippen LogP contribution in [0.15, 0.2) is 35.4 Å². The molecule has 10 heteroatoms. The zero-order valence-corrected chi connectivity index (χ0v) is 19.9. The Morgan fingerprint density at radius 1 is 1.12 bits per heavy atom. The van der Waals surface area contributed by atoms with E-state index in [1.807, 2.05) is 18.5 Å². The Bertz CT molecular complexity index is 1070. The number of amides is 1. The maximum Gasteiger partial charge on any atom is 0.256 e. The van der Waals surface area contributed by atoms with E-state index in [9.17, 15) is 13.2 Å². The smallest absolute Gasteiger partial charge is 0.256 e. The number of ether oxygens (including phenoxy) is 1. The molecule has 1 N–H and O–H groups in total. The van der Waals surface area contributed by atoms with Gasteiger partial charge in [0, 0.05) is 24.7 Å². The summed E-state index contributed by atoms with van der Waals surface area (Å²) in [5.41, 5.74) is 0.221. The molecular formula is C22H29ClN4O4S. The minimum absolute atomic E-state index is 0.0751. The van der Waals surface area contributed by atoms with E-state index in [1.165, 1.54) is 28.9 Å². The highest BCUT2D eigenvalue weighted by atomic mass is 35.5. The van der Waals surface area contributed by atoms with E-state index >= 15 is 0 Å². The summed E-state index contributed by atoms with van der Waals surface area (Å²) < 4.78 is 35.5. The van der Waals surface area contributed by atoms with E-state index in [2.05, 4.69) is 10.4 Å². The number of halogens is 1. The maximum atomic E-state index is 13.3. The van der Waals surface area contributed by atoms with Crippen molar-refractivity contribution in [3.8, 4) is 0 Å². The quantitative estimate of drug-likeness (QED) is 0.695. The molecule has 0 spiro atoms. The molecule has 1 amide bonds. The van der Waals surface area contributed by atoms with Crippen molar-refractivity contribution < 1.29 is 17.9 Å². The second-order valence-corrected chi connectivity index (χ2v) is 10.9. The van der Waals surface area contributed by atoms with Crippen LogP contribution >= 0.6 is 11.6 Å². The predicted octanol–water partition coefficient (Wildman–Crippen LogP) is 4.09. The topological polar surface area (TPSA) is 93.5 Å². The average Bonchev–Trinajstić information content (AvgIpc) is 3.22. The monoisotopic (exact) mass is 480 g/mol. The Morgan fingerprint density at radius 3 is 2.50 bits per heavy atom. The van der Waals surface area contributed by atoms with Crippen molar-refractivity contribution in [1.82, 2.24) is 14.1 Å². The van der Waals surface area contributed by atoms with Crippen LogP contribution in [0.3, 0.4) is 0 Å². The van der Waals surface area contributed by atoms with Gasteiger partial charge in [-0.1, -0.05) is 30.9 Å². The first-order valence-electron chi connectivity index (χ1n) is 11.1. The molecule has 2 aliphatic rings. The molecular weight excluding hydrogens is 452 g/mol. The first-order chi connectivity index (χ1) is 15.3. The summed E-state index contributed by atoms with van der Waals surface area (Å²) in [6.07, 6.45) is 6.81. The fourth-order valence-electron chi connectivity index (χ4n) is 4.53. The fourth-order valence-corrected chi connectivity index (χ4v) is 6.62. The molecule has 2 heterocycles. The van der Waals surface area contributed by atoms with Crippen LogP contribution in [0.5, 0.6) is 0 Å². The van der Waals surface area contributed by atoms with E-state index in [-0.39, 0.29) is 46.8 Å². The zero-order chi connectivity index (χ0) is 22.9. The maximum absolute atomic E-state index is 13.3. The van der Waals surface area contributed by atoms with E-state index in [0.717, 1.165) is 25.7 Å². The number of nitrogens with one attached hydrogen (secondary N) is 1. The van der Waals surface area contributed by atoms with Gasteiger partial charge in [0.2, 0.25) is 10.0 Å². The summed E-state index contributed by atoms with van der Waals surface area (Å²) in [4.78, 5) is 12.9. The molecule has 1 saturated heterocycles. The van der Waals surface area contributed by atoms with Crippen LogP contribution in [0.1, 0.15) is 62.4 Å². The number of hydrogen-bond acceptors (Lipinski definition) is 5. The van der Waals surface area contributed by atoms with E-state index in [0.29, 0.717) is 5.82 Å². The molecule has 2 aromatic rings. The highest BCUT2D eigenvalue weighted by molar-refractivity contribution is 7.89. The van der Waals surface area contributed by atoms with Gasteiger partial charge in [-0.15, -0.1) is 0 Å². The number of benzene rings is 1. The van der Waals surface area contributed by atoms with Crippen LogP contribution < -0.4 is 5.32 Å². The number of carbonyl (C=O) groups excluding carboxylic acids is 1. The molecule has 1 aliphatic heterocycles. The molecule has 2 atom stereocenters. The van der Waals surface area contributed by atoms with Crippen molar-refractivity contribution in [3.05, 3.63) is 41.0 Å². The first-order valence-corrected chi connectivity index (χ1v) is 12.9. The zero-order valence-electron chi connectivity index (χ0n) is 18.3. The van der Waals surface area contributed by atoms with Crippen LogP contribution in [0.2, 0.25) is 5.02 Å². The number of sulfonamides is 1. The van der Waals surface area contributed by atoms with Crippen molar-refractivity contribution in [1.29, 1.82) is 0 Å². The molecule has 1 aromatic heterocycles. The van der Waals surface area contributed by atoms with Crippen molar-refractivity contribution in [2.45, 2.75) is 69.1 Å². The minimum atomic E-state index is -3.88. The molecule has 1 aliphatic carbocycles. The Balaban J connectivity index is 1.57. The Labute approximate surface area is 193 Å². The van der Waals surface area contributed by atoms with Gasteiger partial charge in [0.05, 0.1) is 29.5 Å². The third-order valence-electron chi connectivity index (χ3n) is 6.03. The Morgan fingerprint density at radius 2 is 1.81 bits per heavy atom. The lowest BCUT2D eigenvalue weighted by Crippen LogP contribution is -2.48. The van der Waals surface area contributed by atoms with E-state index < -0.39 is 15.9 Å². The molecule has 2 unspecified atom stereocenters. The summed E-state index contributed by atoms with van der Waals surface area (Å²) in [5.74, 6) is 0.205. The molecule has 8 nitrogen and oxygen atoms in total. The molecule has 32 heavy (non-hydrogen) atoms. The molecule has 4 rings (SSSR count). The fraction of sp³-hybridized carbons (Fsp3) is 0.545. The third kappa shape index (κ3) is 4.85. The van der Waals surface area contributed by atoms with Gasteiger partial charge in [0.25, 0.3) is 5.91 Å². The second-order valence-electron chi connectivity index (χ2n) is 8.63. The molecule has 2 fully saturated rings. The molecule has 1 aromatic carbocycles. The summed E-state index contributed by atoms with van der Waals surface area (Å²) in [7, 11) is -3.88. The van der Waals surface area contributed by atoms with Crippen LogP contribution in [0.4, 0.5) is 5.82 Å². The highest BCUT2D eigenvalue weighted by Crippen LogP contribution is 2.31. The molecule has 1 saturated carbocycles. The lowest BCUT2D eigenvalue weighted by Gasteiger charge is -2.34. The second kappa shape index (κ2) is 9.51. The van der Waals surface area contributed by atoms with Gasteiger partial charge in [-0.25, -0.2) is 13.1 Å². The Kier molecular flexibility index (Phi) is 6.90. The molecule has 174 valence electrons. The highest BCUT2D eigenvalue weighted by Gasteiger charge is 2.34. The minimum Gasteiger partial charge on any atom is -0.373 e. The summed E-state index contributed by atoms with van der Waals surface area (Å²) in [6, 6.07) is 6.35. The lowest BCUT2D eigenvalue weighted by atomic mass is 9.96. The van der Waals surface area contributed by atoms with Crippen molar-refractivity contribution in [3.63, 3.8) is 0 Å². The molecule has 0 bridgehead atoms. The predicted molar refractivity (Wildman–Crippen MR) is 123 cm³/mol. The number of anilines is 1. The number of nitrogens with zero attached hydrogens (tertiary/aromatic N) is 3. The van der Waals surface area contributed by atoms with Crippen LogP contribution in [-0.2, 0) is 14.8 Å². The SMILES string of the molecule is CC1CN(S(=O)(=O)c2cc(C(=O)Nc3ccnn3C3CCCCC3)ccc2Cl)CC(C)O1. The average molecular weight is 481 g/mol. The summed E-state index contributed by atoms with van der Waals surface area (Å²) in [5, 5.41) is 7.37. The van der Waals surface area contributed by atoms with Gasteiger partial charge in [-0.2, -0.15) is 9.40 Å². The standard InChI is InChI=1S/C22H29ClN4O4S/c1-15-13-26(14-16(2)31-15)32(29,30)20-12-17(8-9-19(20)23)22(28)25-21-10-11-24-27(21)18-6-4-3-5-7-18/h8-12,15-16,18H,3-7,13-14H2,1-2H3,(H,25,28). The van der Waals surface area contributed by atoms with Gasteiger partial charge in [-0.05, 0) is 44.9 Å². The third-order valence-corrected chi connectivity index (χ3v) is 8.34. The first kappa shape index (κ1) is 23.2. The van der Waals surface area contributed by atoms with Crippen LogP contribution in [0, 0.1) is 0 Å². The van der Waals surface area contributed by atoms with Crippen LogP contribution in [0.25, 0.3) is 0 Å². The van der Waals surface area contributed by atoms with Gasteiger partial charge in [0.15, 0.2) is 0 Å². The van der Waals surface area contributed by atoms with Crippen LogP contribution in [-0.4, -0.2) is 53.7 Å². The number of hydrogen-bond donors (Lipinski definition) is 1. The number of rotatable bonds is 5. The van der Waals surface area contributed by atoms with Gasteiger partial charge in [0.1, 0.15) is 10.7 Å². The molecule has 0 radical (unpaired) electrons. The van der Waals surface area contributed by atoms with Crippen molar-refractivity contribution >= 4 is 33.3 Å². The van der Waals surface area contributed by atoms with Gasteiger partial charge >= 0.3 is 0 Å². The lowest BCUT2D eigenvalue weighted by molar-refractivity contribution is -0.0440. The normalized spacial score (nSPS) is 23.2. The van der Waals surface area contributed by atoms with Gasteiger partial charge < -0.3 is 10.1 Å². The number of morpholine rings is 1. The van der Waals surface area contributed by atoms with Crippen molar-refractivity contribution in [2.24, 2.45) is 0 Å². The van der Waals surface area contributed by atoms with E-state index in [1.54, 1.807) is 12.3 Å². The van der Waals surface area contributed by atoms with Crippen molar-refractivity contribution in [2.75, 3.05) is 18.4 Å². The van der Waals surface area contributed by atoms with E-state index in [4.69, 9.17) is 16.3 Å². The number of carbonyl (C=O) groups is 1.